The monoisotopic (exact) mass is 512 g/mol. The Labute approximate surface area is 219 Å². The first kappa shape index (κ1) is 27.5. The number of carbonyl (C=O) groups is 1. The highest BCUT2D eigenvalue weighted by Gasteiger charge is 2.22. The lowest BCUT2D eigenvalue weighted by atomic mass is 9.95. The summed E-state index contributed by atoms with van der Waals surface area (Å²) in [6.07, 6.45) is 6.86. The summed E-state index contributed by atoms with van der Waals surface area (Å²) in [5, 5.41) is 8.04. The van der Waals surface area contributed by atoms with E-state index in [2.05, 4.69) is 16.7 Å². The van der Waals surface area contributed by atoms with Gasteiger partial charge < -0.3 is 20.1 Å². The van der Waals surface area contributed by atoms with E-state index in [9.17, 15) is 4.79 Å². The fourth-order valence-electron chi connectivity index (χ4n) is 4.08. The Morgan fingerprint density at radius 2 is 1.69 bits per heavy atom. The SMILES string of the molecule is CC(C)(C)C(=O)OCCCOc1ccc(Nc2nc(NC3CCCCC3)c3ccccc3n2)cc1.Cl. The molecule has 1 fully saturated rings. The molecular weight excluding hydrogens is 476 g/mol. The average molecular weight is 513 g/mol. The number of ether oxygens (including phenoxy) is 2. The van der Waals surface area contributed by atoms with Crippen LogP contribution in [0.3, 0.4) is 0 Å². The fourth-order valence-corrected chi connectivity index (χ4v) is 4.08. The molecule has 8 heteroatoms. The first-order valence-electron chi connectivity index (χ1n) is 12.6. The van der Waals surface area contributed by atoms with Gasteiger partial charge in [-0.1, -0.05) is 31.4 Å². The van der Waals surface area contributed by atoms with Gasteiger partial charge in [-0.25, -0.2) is 4.98 Å². The molecule has 2 N–H and O–H groups in total. The predicted octanol–water partition coefficient (Wildman–Crippen LogP) is 6.90. The van der Waals surface area contributed by atoms with Gasteiger partial charge in [0.15, 0.2) is 0 Å². The number of hydrogen-bond donors (Lipinski definition) is 2. The van der Waals surface area contributed by atoms with Gasteiger partial charge in [-0.3, -0.25) is 4.79 Å². The van der Waals surface area contributed by atoms with Crippen molar-refractivity contribution in [1.29, 1.82) is 0 Å². The molecule has 0 radical (unpaired) electrons. The van der Waals surface area contributed by atoms with E-state index >= 15 is 0 Å². The van der Waals surface area contributed by atoms with E-state index in [1.165, 1.54) is 32.1 Å². The van der Waals surface area contributed by atoms with Crippen LogP contribution >= 0.6 is 12.4 Å². The molecule has 1 aromatic heterocycles. The number of nitrogens with zero attached hydrogens (tertiary/aromatic N) is 2. The second-order valence-corrected chi connectivity index (χ2v) is 10.1. The van der Waals surface area contributed by atoms with Gasteiger partial charge in [0.05, 0.1) is 24.1 Å². The number of rotatable bonds is 9. The lowest BCUT2D eigenvalue weighted by Gasteiger charge is -2.24. The van der Waals surface area contributed by atoms with E-state index in [-0.39, 0.29) is 18.4 Å². The Balaban J connectivity index is 0.00000361. The summed E-state index contributed by atoms with van der Waals surface area (Å²) in [5.41, 5.74) is 1.32. The maximum Gasteiger partial charge on any atom is 0.311 e. The third-order valence-corrected chi connectivity index (χ3v) is 6.06. The zero-order chi connectivity index (χ0) is 24.7. The Morgan fingerprint density at radius 3 is 2.42 bits per heavy atom. The average Bonchev–Trinajstić information content (AvgIpc) is 2.85. The van der Waals surface area contributed by atoms with Crippen molar-refractivity contribution in [2.24, 2.45) is 5.41 Å². The summed E-state index contributed by atoms with van der Waals surface area (Å²) in [6, 6.07) is 16.3. The molecule has 0 saturated heterocycles. The third kappa shape index (κ3) is 7.72. The van der Waals surface area contributed by atoms with Gasteiger partial charge >= 0.3 is 5.97 Å². The highest BCUT2D eigenvalue weighted by molar-refractivity contribution is 5.90. The Hall–Kier alpha value is -3.06. The molecule has 2 aromatic carbocycles. The van der Waals surface area contributed by atoms with Crippen LogP contribution in [-0.4, -0.2) is 35.2 Å². The number of para-hydroxylation sites is 1. The molecule has 4 rings (SSSR count). The van der Waals surface area contributed by atoms with Gasteiger partial charge in [0.25, 0.3) is 0 Å². The molecule has 1 saturated carbocycles. The molecule has 0 atom stereocenters. The van der Waals surface area contributed by atoms with Crippen LogP contribution in [0, 0.1) is 5.41 Å². The summed E-state index contributed by atoms with van der Waals surface area (Å²) in [4.78, 5) is 21.3. The molecular formula is C28H37ClN4O3. The molecule has 36 heavy (non-hydrogen) atoms. The first-order valence-corrected chi connectivity index (χ1v) is 12.6. The molecule has 1 heterocycles. The van der Waals surface area contributed by atoms with Crippen LogP contribution in [0.15, 0.2) is 48.5 Å². The summed E-state index contributed by atoms with van der Waals surface area (Å²) in [7, 11) is 0. The van der Waals surface area contributed by atoms with Crippen LogP contribution in [-0.2, 0) is 9.53 Å². The molecule has 3 aromatic rings. The van der Waals surface area contributed by atoms with Crippen molar-refractivity contribution in [2.45, 2.75) is 65.3 Å². The van der Waals surface area contributed by atoms with Gasteiger partial charge in [-0.15, -0.1) is 12.4 Å². The van der Waals surface area contributed by atoms with E-state index in [1.54, 1.807) is 0 Å². The number of halogens is 1. The topological polar surface area (TPSA) is 85.4 Å². The third-order valence-electron chi connectivity index (χ3n) is 6.06. The molecule has 194 valence electrons. The van der Waals surface area contributed by atoms with Gasteiger partial charge in [0.1, 0.15) is 11.6 Å². The van der Waals surface area contributed by atoms with Crippen LogP contribution in [0.5, 0.6) is 5.75 Å². The maximum absolute atomic E-state index is 11.8. The van der Waals surface area contributed by atoms with Gasteiger partial charge in [0, 0.05) is 23.5 Å². The number of benzene rings is 2. The summed E-state index contributed by atoms with van der Waals surface area (Å²) in [5.74, 6) is 2.02. The van der Waals surface area contributed by atoms with Crippen LogP contribution in [0.2, 0.25) is 0 Å². The lowest BCUT2D eigenvalue weighted by molar-refractivity contribution is -0.153. The molecule has 1 aliphatic rings. The van der Waals surface area contributed by atoms with E-state index in [4.69, 9.17) is 19.4 Å². The van der Waals surface area contributed by atoms with Gasteiger partial charge in [0.2, 0.25) is 5.95 Å². The van der Waals surface area contributed by atoms with Gasteiger partial charge in [-0.05, 0) is 70.0 Å². The van der Waals surface area contributed by atoms with E-state index < -0.39 is 5.41 Å². The van der Waals surface area contributed by atoms with Crippen LogP contribution in [0.4, 0.5) is 17.5 Å². The second kappa shape index (κ2) is 12.8. The minimum absolute atomic E-state index is 0. The van der Waals surface area contributed by atoms with Crippen molar-refractivity contribution >= 4 is 46.7 Å². The molecule has 0 amide bonds. The molecule has 1 aliphatic carbocycles. The number of anilines is 3. The minimum Gasteiger partial charge on any atom is -0.493 e. The molecule has 0 aliphatic heterocycles. The van der Waals surface area contributed by atoms with Crippen molar-refractivity contribution in [3.05, 3.63) is 48.5 Å². The largest absolute Gasteiger partial charge is 0.493 e. The lowest BCUT2D eigenvalue weighted by Crippen LogP contribution is -2.23. The number of hydrogen-bond acceptors (Lipinski definition) is 7. The molecule has 0 spiro atoms. The number of nitrogens with one attached hydrogen (secondary N) is 2. The highest BCUT2D eigenvalue weighted by Crippen LogP contribution is 2.28. The Morgan fingerprint density at radius 1 is 0.972 bits per heavy atom. The minimum atomic E-state index is -0.481. The number of esters is 1. The van der Waals surface area contributed by atoms with E-state index in [1.807, 2.05) is 63.2 Å². The number of aromatic nitrogens is 2. The summed E-state index contributed by atoms with van der Waals surface area (Å²) < 4.78 is 11.0. The first-order chi connectivity index (χ1) is 16.9. The summed E-state index contributed by atoms with van der Waals surface area (Å²) in [6.45, 7) is 6.37. The Kier molecular flexibility index (Phi) is 9.76. The zero-order valence-corrected chi connectivity index (χ0v) is 22.2. The standard InChI is InChI=1S/C28H36N4O3.ClH/c1-28(2,3)26(33)35-19-9-18-34-22-16-14-21(15-17-22)30-27-31-24-13-8-7-12-23(24)25(32-27)29-20-10-5-4-6-11-20;/h7-8,12-17,20H,4-6,9-11,18-19H2,1-3H3,(H2,29,30,31,32);1H. The van der Waals surface area contributed by atoms with Crippen molar-refractivity contribution in [3.63, 3.8) is 0 Å². The highest BCUT2D eigenvalue weighted by atomic mass is 35.5. The normalized spacial score (nSPS) is 14.1. The van der Waals surface area contributed by atoms with Gasteiger partial charge in [-0.2, -0.15) is 4.98 Å². The van der Waals surface area contributed by atoms with Crippen LogP contribution < -0.4 is 15.4 Å². The molecule has 0 bridgehead atoms. The predicted molar refractivity (Wildman–Crippen MR) is 148 cm³/mol. The van der Waals surface area contributed by atoms with Crippen LogP contribution in [0.1, 0.15) is 59.3 Å². The van der Waals surface area contributed by atoms with Crippen molar-refractivity contribution in [1.82, 2.24) is 9.97 Å². The molecule has 7 nitrogen and oxygen atoms in total. The van der Waals surface area contributed by atoms with Crippen molar-refractivity contribution in [3.8, 4) is 5.75 Å². The quantitative estimate of drug-likeness (QED) is 0.238. The zero-order valence-electron chi connectivity index (χ0n) is 21.4. The van der Waals surface area contributed by atoms with Crippen LogP contribution in [0.25, 0.3) is 10.9 Å². The maximum atomic E-state index is 11.8. The smallest absolute Gasteiger partial charge is 0.311 e. The van der Waals surface area contributed by atoms with E-state index in [0.29, 0.717) is 31.6 Å². The van der Waals surface area contributed by atoms with E-state index in [0.717, 1.165) is 28.2 Å². The Bertz CT molecular complexity index is 1130. The summed E-state index contributed by atoms with van der Waals surface area (Å²) >= 11 is 0. The number of carbonyl (C=O) groups excluding carboxylic acids is 1. The number of fused-ring (bicyclic) bond motifs is 1. The van der Waals surface area contributed by atoms with Crippen molar-refractivity contribution < 1.29 is 14.3 Å². The fraction of sp³-hybridized carbons (Fsp3) is 0.464. The molecule has 0 unspecified atom stereocenters. The van der Waals surface area contributed by atoms with Crippen molar-refractivity contribution in [2.75, 3.05) is 23.8 Å². The second-order valence-electron chi connectivity index (χ2n) is 10.1.